The fourth-order valence-corrected chi connectivity index (χ4v) is 2.91. The van der Waals surface area contributed by atoms with E-state index >= 15 is 0 Å². The Morgan fingerprint density at radius 1 is 1.19 bits per heavy atom. The summed E-state index contributed by atoms with van der Waals surface area (Å²) in [5.74, 6) is 0.0387. The van der Waals surface area contributed by atoms with Crippen molar-refractivity contribution in [3.05, 3.63) is 53.8 Å². The number of rotatable bonds is 8. The molecule has 3 rings (SSSR count). The van der Waals surface area contributed by atoms with Gasteiger partial charge >= 0.3 is 5.97 Å². The van der Waals surface area contributed by atoms with Gasteiger partial charge in [0.2, 0.25) is 0 Å². The molecule has 1 aliphatic rings. The third-order valence-corrected chi connectivity index (χ3v) is 4.36. The summed E-state index contributed by atoms with van der Waals surface area (Å²) in [5, 5.41) is 0. The summed E-state index contributed by atoms with van der Waals surface area (Å²) in [6.07, 6.45) is 0.680. The average Bonchev–Trinajstić information content (AvgIpc) is 3.42. The fraction of sp³-hybridized carbons (Fsp3) is 0.409. The minimum absolute atomic E-state index is 0.0312. The van der Waals surface area contributed by atoms with Gasteiger partial charge in [-0.25, -0.2) is 4.39 Å². The molecule has 0 unspecified atom stereocenters. The van der Waals surface area contributed by atoms with Crippen LogP contribution in [0.2, 0.25) is 0 Å². The van der Waals surface area contributed by atoms with E-state index in [4.69, 9.17) is 14.2 Å². The van der Waals surface area contributed by atoms with Crippen molar-refractivity contribution in [1.82, 2.24) is 0 Å². The lowest BCUT2D eigenvalue weighted by Gasteiger charge is -2.12. The summed E-state index contributed by atoms with van der Waals surface area (Å²) < 4.78 is 30.6. The first-order valence-corrected chi connectivity index (χ1v) is 9.31. The number of esters is 1. The lowest BCUT2D eigenvalue weighted by atomic mass is 10.0. The molecule has 0 saturated heterocycles. The third kappa shape index (κ3) is 5.07. The summed E-state index contributed by atoms with van der Waals surface area (Å²) in [6.45, 7) is 6.48. The predicted octanol–water partition coefficient (Wildman–Crippen LogP) is 4.75. The van der Waals surface area contributed by atoms with Crippen molar-refractivity contribution < 1.29 is 23.4 Å². The third-order valence-electron chi connectivity index (χ3n) is 4.36. The van der Waals surface area contributed by atoms with Gasteiger partial charge < -0.3 is 14.2 Å². The van der Waals surface area contributed by atoms with Crippen LogP contribution in [0.5, 0.6) is 5.75 Å². The van der Waals surface area contributed by atoms with Crippen LogP contribution in [0.15, 0.2) is 42.5 Å². The molecule has 144 valence electrons. The Labute approximate surface area is 159 Å². The first kappa shape index (κ1) is 19.4. The van der Waals surface area contributed by atoms with Crippen molar-refractivity contribution in [3.63, 3.8) is 0 Å². The van der Waals surface area contributed by atoms with Crippen molar-refractivity contribution in [2.45, 2.75) is 46.0 Å². The van der Waals surface area contributed by atoms with E-state index in [1.165, 1.54) is 6.07 Å². The van der Waals surface area contributed by atoms with E-state index in [2.05, 4.69) is 0 Å². The lowest BCUT2D eigenvalue weighted by Crippen LogP contribution is -2.10. The lowest BCUT2D eigenvalue weighted by molar-refractivity contribution is -0.145. The SMILES string of the molecule is CCOC(=O)[C@@H]1C[C@H]1OCc1ccc(-c2cc(OC(C)C)ccc2F)cc1. The molecule has 27 heavy (non-hydrogen) atoms. The molecule has 2 aromatic rings. The quantitative estimate of drug-likeness (QED) is 0.628. The number of hydrogen-bond donors (Lipinski definition) is 0. The highest BCUT2D eigenvalue weighted by atomic mass is 19.1. The summed E-state index contributed by atoms with van der Waals surface area (Å²) >= 11 is 0. The molecule has 0 heterocycles. The van der Waals surface area contributed by atoms with Crippen LogP contribution in [0.1, 0.15) is 32.8 Å². The van der Waals surface area contributed by atoms with Gasteiger partial charge in [-0.05, 0) is 56.5 Å². The predicted molar refractivity (Wildman–Crippen MR) is 101 cm³/mol. The molecule has 1 aliphatic carbocycles. The van der Waals surface area contributed by atoms with Gasteiger partial charge in [0.25, 0.3) is 0 Å². The minimum Gasteiger partial charge on any atom is -0.491 e. The van der Waals surface area contributed by atoms with Gasteiger partial charge in [0.05, 0.1) is 31.3 Å². The number of carbonyl (C=O) groups excluding carboxylic acids is 1. The summed E-state index contributed by atoms with van der Waals surface area (Å²) in [6, 6.07) is 12.3. The van der Waals surface area contributed by atoms with E-state index < -0.39 is 0 Å². The molecule has 2 atom stereocenters. The molecular formula is C22H25FO4. The Kier molecular flexibility index (Phi) is 6.11. The molecule has 5 heteroatoms. The van der Waals surface area contributed by atoms with Crippen LogP contribution in [-0.4, -0.2) is 24.8 Å². The second-order valence-electron chi connectivity index (χ2n) is 6.95. The highest BCUT2D eigenvalue weighted by molar-refractivity contribution is 5.76. The molecule has 4 nitrogen and oxygen atoms in total. The van der Waals surface area contributed by atoms with E-state index in [-0.39, 0.29) is 29.9 Å². The summed E-state index contributed by atoms with van der Waals surface area (Å²) in [5.41, 5.74) is 2.26. The van der Waals surface area contributed by atoms with Gasteiger partial charge in [-0.1, -0.05) is 24.3 Å². The molecule has 0 aliphatic heterocycles. The summed E-state index contributed by atoms with van der Waals surface area (Å²) in [7, 11) is 0. The maximum Gasteiger partial charge on any atom is 0.311 e. The van der Waals surface area contributed by atoms with E-state index in [0.717, 1.165) is 11.1 Å². The standard InChI is InChI=1S/C22H25FO4/c1-4-25-22(24)19-12-21(19)26-13-15-5-7-16(8-6-15)18-11-17(27-14(2)3)9-10-20(18)23/h5-11,14,19,21H,4,12-13H2,1-3H3/t19-,21-/m1/s1. The van der Waals surface area contributed by atoms with Crippen molar-refractivity contribution >= 4 is 5.97 Å². The fourth-order valence-electron chi connectivity index (χ4n) is 2.91. The first-order chi connectivity index (χ1) is 13.0. The summed E-state index contributed by atoms with van der Waals surface area (Å²) in [4.78, 5) is 11.6. The van der Waals surface area contributed by atoms with Crippen molar-refractivity contribution in [2.24, 2.45) is 5.92 Å². The zero-order valence-corrected chi connectivity index (χ0v) is 15.9. The second-order valence-corrected chi connectivity index (χ2v) is 6.95. The van der Waals surface area contributed by atoms with Gasteiger partial charge in [0.15, 0.2) is 0 Å². The van der Waals surface area contributed by atoms with Gasteiger partial charge in [0.1, 0.15) is 11.6 Å². The molecule has 0 aromatic heterocycles. The molecule has 1 fully saturated rings. The molecule has 1 saturated carbocycles. The zero-order chi connectivity index (χ0) is 19.4. The molecule has 2 aromatic carbocycles. The average molecular weight is 372 g/mol. The first-order valence-electron chi connectivity index (χ1n) is 9.31. The molecule has 0 N–H and O–H groups in total. The number of hydrogen-bond acceptors (Lipinski definition) is 4. The van der Waals surface area contributed by atoms with Gasteiger partial charge in [-0.3, -0.25) is 4.79 Å². The van der Waals surface area contributed by atoms with Crippen molar-refractivity contribution in [3.8, 4) is 16.9 Å². The zero-order valence-electron chi connectivity index (χ0n) is 15.9. The topological polar surface area (TPSA) is 44.8 Å². The highest BCUT2D eigenvalue weighted by Crippen LogP contribution is 2.35. The number of ether oxygens (including phenoxy) is 3. The van der Waals surface area contributed by atoms with Gasteiger partial charge in [-0.15, -0.1) is 0 Å². The van der Waals surface area contributed by atoms with Crippen LogP contribution >= 0.6 is 0 Å². The highest BCUT2D eigenvalue weighted by Gasteiger charge is 2.45. The van der Waals surface area contributed by atoms with Crippen LogP contribution in [0.3, 0.4) is 0 Å². The van der Waals surface area contributed by atoms with Crippen molar-refractivity contribution in [2.75, 3.05) is 6.61 Å². The van der Waals surface area contributed by atoms with Crippen LogP contribution < -0.4 is 4.74 Å². The monoisotopic (exact) mass is 372 g/mol. The van der Waals surface area contributed by atoms with Gasteiger partial charge in [-0.2, -0.15) is 0 Å². The van der Waals surface area contributed by atoms with Crippen LogP contribution in [-0.2, 0) is 20.9 Å². The Morgan fingerprint density at radius 3 is 2.59 bits per heavy atom. The Hall–Kier alpha value is -2.40. The maximum atomic E-state index is 14.2. The maximum absolute atomic E-state index is 14.2. The molecule has 0 spiro atoms. The van der Waals surface area contributed by atoms with Crippen LogP contribution in [0.25, 0.3) is 11.1 Å². The number of carbonyl (C=O) groups is 1. The number of halogens is 1. The molecule has 0 amide bonds. The van der Waals surface area contributed by atoms with Crippen LogP contribution in [0, 0.1) is 11.7 Å². The largest absolute Gasteiger partial charge is 0.491 e. The molecule has 0 bridgehead atoms. The molecule has 0 radical (unpaired) electrons. The normalized spacial score (nSPS) is 18.4. The van der Waals surface area contributed by atoms with Crippen LogP contribution in [0.4, 0.5) is 4.39 Å². The van der Waals surface area contributed by atoms with Crippen molar-refractivity contribution in [1.29, 1.82) is 0 Å². The Bertz CT molecular complexity index is 785. The smallest absolute Gasteiger partial charge is 0.311 e. The van der Waals surface area contributed by atoms with E-state index in [1.54, 1.807) is 19.1 Å². The minimum atomic E-state index is -0.287. The molecular weight excluding hydrogens is 347 g/mol. The van der Waals surface area contributed by atoms with Gasteiger partial charge in [0, 0.05) is 5.56 Å². The Morgan fingerprint density at radius 2 is 1.93 bits per heavy atom. The Balaban J connectivity index is 1.60. The van der Waals surface area contributed by atoms with E-state index in [9.17, 15) is 9.18 Å². The van der Waals surface area contributed by atoms with E-state index in [0.29, 0.717) is 30.9 Å². The second kappa shape index (κ2) is 8.53. The van der Waals surface area contributed by atoms with E-state index in [1.807, 2.05) is 38.1 Å². The number of benzene rings is 2.